The number of rotatable bonds is 3. The minimum atomic E-state index is -0.327. The van der Waals surface area contributed by atoms with E-state index in [2.05, 4.69) is 30.3 Å². The summed E-state index contributed by atoms with van der Waals surface area (Å²) in [7, 11) is 1.44. The van der Waals surface area contributed by atoms with Crippen LogP contribution in [0.2, 0.25) is 0 Å². The molecule has 4 aromatic rings. The highest BCUT2D eigenvalue weighted by Crippen LogP contribution is 2.38. The second-order valence-electron chi connectivity index (χ2n) is 7.77. The van der Waals surface area contributed by atoms with Crippen LogP contribution in [0.15, 0.2) is 72.8 Å². The van der Waals surface area contributed by atoms with E-state index in [0.29, 0.717) is 5.56 Å². The molecule has 30 heavy (non-hydrogen) atoms. The quantitative estimate of drug-likeness (QED) is 0.387. The van der Waals surface area contributed by atoms with E-state index in [0.717, 1.165) is 52.5 Å². The zero-order valence-corrected chi connectivity index (χ0v) is 17.0. The molecule has 1 aromatic heterocycles. The van der Waals surface area contributed by atoms with Crippen molar-refractivity contribution in [1.29, 1.82) is 0 Å². The van der Waals surface area contributed by atoms with Crippen molar-refractivity contribution in [3.8, 4) is 22.5 Å². The van der Waals surface area contributed by atoms with Crippen LogP contribution in [0.1, 0.15) is 34.3 Å². The maximum atomic E-state index is 12.7. The molecule has 0 radical (unpaired) electrons. The molecular weight excluding hydrogens is 370 g/mol. The van der Waals surface area contributed by atoms with Crippen molar-refractivity contribution < 1.29 is 9.53 Å². The van der Waals surface area contributed by atoms with Gasteiger partial charge in [0.25, 0.3) is 0 Å². The van der Waals surface area contributed by atoms with Crippen LogP contribution in [-0.4, -0.2) is 18.1 Å². The Hall–Kier alpha value is -3.46. The standard InChI is InChI=1S/C27H23NO2/c1-30-27(29)23-16-15-18-9-5-7-13-21(18)25(23)26-22-14-8-6-12-20(22)17-24(28-26)19-10-3-2-4-11-19/h2-5,7,9-11,13,15-17H,6,8,12,14H2,1H3. The first kappa shape index (κ1) is 18.6. The van der Waals surface area contributed by atoms with Gasteiger partial charge < -0.3 is 4.74 Å². The largest absolute Gasteiger partial charge is 0.465 e. The first-order valence-electron chi connectivity index (χ1n) is 10.4. The smallest absolute Gasteiger partial charge is 0.338 e. The number of esters is 1. The number of benzene rings is 3. The number of hydrogen-bond donors (Lipinski definition) is 0. The van der Waals surface area contributed by atoms with E-state index in [1.807, 2.05) is 42.5 Å². The SMILES string of the molecule is COC(=O)c1ccc2ccccc2c1-c1nc(-c2ccccc2)cc2c1CCCC2. The normalized spacial score (nSPS) is 13.1. The van der Waals surface area contributed by atoms with Crippen LogP contribution in [0.4, 0.5) is 0 Å². The van der Waals surface area contributed by atoms with Gasteiger partial charge in [0.05, 0.1) is 24.1 Å². The number of nitrogens with zero attached hydrogens (tertiary/aromatic N) is 1. The molecule has 1 heterocycles. The molecule has 0 aliphatic heterocycles. The fourth-order valence-corrected chi connectivity index (χ4v) is 4.51. The number of carbonyl (C=O) groups is 1. The van der Waals surface area contributed by atoms with Crippen LogP contribution in [0.5, 0.6) is 0 Å². The Morgan fingerprint density at radius 1 is 0.900 bits per heavy atom. The Morgan fingerprint density at radius 3 is 2.50 bits per heavy atom. The fraction of sp³-hybridized carbons (Fsp3) is 0.185. The molecule has 1 aliphatic rings. The van der Waals surface area contributed by atoms with Gasteiger partial charge in [-0.05, 0) is 59.7 Å². The second kappa shape index (κ2) is 7.75. The highest BCUT2D eigenvalue weighted by atomic mass is 16.5. The molecular formula is C27H23NO2. The highest BCUT2D eigenvalue weighted by molar-refractivity contribution is 6.08. The lowest BCUT2D eigenvalue weighted by molar-refractivity contribution is 0.0601. The summed E-state index contributed by atoms with van der Waals surface area (Å²) in [4.78, 5) is 17.9. The first-order valence-corrected chi connectivity index (χ1v) is 10.4. The number of hydrogen-bond acceptors (Lipinski definition) is 3. The molecule has 0 saturated carbocycles. The van der Waals surface area contributed by atoms with Gasteiger partial charge in [0.2, 0.25) is 0 Å². The van der Waals surface area contributed by atoms with Crippen LogP contribution >= 0.6 is 0 Å². The van der Waals surface area contributed by atoms with E-state index in [9.17, 15) is 4.79 Å². The van der Waals surface area contributed by atoms with Crippen molar-refractivity contribution in [2.45, 2.75) is 25.7 Å². The van der Waals surface area contributed by atoms with E-state index in [1.54, 1.807) is 0 Å². The molecule has 5 rings (SSSR count). The van der Waals surface area contributed by atoms with E-state index >= 15 is 0 Å². The van der Waals surface area contributed by atoms with Crippen molar-refractivity contribution in [2.24, 2.45) is 0 Å². The third kappa shape index (κ3) is 3.17. The Bertz CT molecular complexity index is 1240. The Kier molecular flexibility index (Phi) is 4.80. The average Bonchev–Trinajstić information content (AvgIpc) is 2.82. The van der Waals surface area contributed by atoms with Gasteiger partial charge in [-0.1, -0.05) is 60.7 Å². The number of fused-ring (bicyclic) bond motifs is 2. The molecule has 3 nitrogen and oxygen atoms in total. The van der Waals surface area contributed by atoms with E-state index in [4.69, 9.17) is 9.72 Å². The lowest BCUT2D eigenvalue weighted by atomic mass is 9.85. The van der Waals surface area contributed by atoms with Gasteiger partial charge in [-0.25, -0.2) is 9.78 Å². The maximum absolute atomic E-state index is 12.7. The molecule has 3 heteroatoms. The lowest BCUT2D eigenvalue weighted by Crippen LogP contribution is -2.10. The topological polar surface area (TPSA) is 39.2 Å². The summed E-state index contributed by atoms with van der Waals surface area (Å²) < 4.78 is 5.14. The molecule has 3 aromatic carbocycles. The van der Waals surface area contributed by atoms with Crippen molar-refractivity contribution in [3.05, 3.63) is 89.5 Å². The molecule has 0 bridgehead atoms. The maximum Gasteiger partial charge on any atom is 0.338 e. The van der Waals surface area contributed by atoms with Gasteiger partial charge >= 0.3 is 5.97 Å². The van der Waals surface area contributed by atoms with Crippen LogP contribution in [0.3, 0.4) is 0 Å². The van der Waals surface area contributed by atoms with E-state index < -0.39 is 0 Å². The van der Waals surface area contributed by atoms with Gasteiger partial charge in [0.1, 0.15) is 0 Å². The molecule has 0 saturated heterocycles. The monoisotopic (exact) mass is 393 g/mol. The second-order valence-corrected chi connectivity index (χ2v) is 7.77. The number of pyridine rings is 1. The third-order valence-electron chi connectivity index (χ3n) is 5.98. The minimum absolute atomic E-state index is 0.327. The molecule has 0 N–H and O–H groups in total. The van der Waals surface area contributed by atoms with Crippen molar-refractivity contribution in [3.63, 3.8) is 0 Å². The molecule has 0 unspecified atom stereocenters. The number of ether oxygens (including phenoxy) is 1. The fourth-order valence-electron chi connectivity index (χ4n) is 4.51. The number of aromatic nitrogens is 1. The van der Waals surface area contributed by atoms with Crippen LogP contribution in [-0.2, 0) is 17.6 Å². The molecule has 148 valence electrons. The predicted octanol–water partition coefficient (Wildman–Crippen LogP) is 6.23. The van der Waals surface area contributed by atoms with E-state index in [1.165, 1.54) is 24.7 Å². The van der Waals surface area contributed by atoms with Crippen molar-refractivity contribution >= 4 is 16.7 Å². The van der Waals surface area contributed by atoms with Crippen molar-refractivity contribution in [2.75, 3.05) is 7.11 Å². The lowest BCUT2D eigenvalue weighted by Gasteiger charge is -2.22. The summed E-state index contributed by atoms with van der Waals surface area (Å²) >= 11 is 0. The molecule has 0 atom stereocenters. The van der Waals surface area contributed by atoms with Gasteiger partial charge in [0.15, 0.2) is 0 Å². The molecule has 0 fully saturated rings. The average molecular weight is 393 g/mol. The number of aryl methyl sites for hydroxylation is 1. The van der Waals surface area contributed by atoms with Crippen LogP contribution in [0.25, 0.3) is 33.3 Å². The molecule has 1 aliphatic carbocycles. The number of carbonyl (C=O) groups excluding carboxylic acids is 1. The third-order valence-corrected chi connectivity index (χ3v) is 5.98. The Labute approximate surface area is 176 Å². The van der Waals surface area contributed by atoms with Gasteiger partial charge in [-0.15, -0.1) is 0 Å². The van der Waals surface area contributed by atoms with Crippen molar-refractivity contribution in [1.82, 2.24) is 4.98 Å². The zero-order chi connectivity index (χ0) is 20.5. The minimum Gasteiger partial charge on any atom is -0.465 e. The summed E-state index contributed by atoms with van der Waals surface area (Å²) in [6.07, 6.45) is 4.36. The Morgan fingerprint density at radius 2 is 1.67 bits per heavy atom. The summed E-state index contributed by atoms with van der Waals surface area (Å²) in [5, 5.41) is 2.13. The van der Waals surface area contributed by atoms with Crippen LogP contribution in [0, 0.1) is 0 Å². The predicted molar refractivity (Wildman–Crippen MR) is 121 cm³/mol. The summed E-state index contributed by atoms with van der Waals surface area (Å²) in [5.41, 5.74) is 7.03. The zero-order valence-electron chi connectivity index (χ0n) is 17.0. The van der Waals surface area contributed by atoms with Crippen LogP contribution < -0.4 is 0 Å². The van der Waals surface area contributed by atoms with E-state index in [-0.39, 0.29) is 5.97 Å². The number of methoxy groups -OCH3 is 1. The highest BCUT2D eigenvalue weighted by Gasteiger charge is 2.24. The Balaban J connectivity index is 1.86. The summed E-state index contributed by atoms with van der Waals surface area (Å²) in [6.45, 7) is 0. The summed E-state index contributed by atoms with van der Waals surface area (Å²) in [5.74, 6) is -0.327. The van der Waals surface area contributed by atoms with Gasteiger partial charge in [-0.2, -0.15) is 0 Å². The molecule has 0 amide bonds. The first-order chi connectivity index (χ1) is 14.8. The summed E-state index contributed by atoms with van der Waals surface area (Å²) in [6, 6.07) is 24.5. The molecule has 0 spiro atoms. The van der Waals surface area contributed by atoms with Gasteiger partial charge in [-0.3, -0.25) is 0 Å². The van der Waals surface area contributed by atoms with Gasteiger partial charge in [0, 0.05) is 11.1 Å².